The van der Waals surface area contributed by atoms with Gasteiger partial charge in [-0.1, -0.05) is 47.1 Å². The van der Waals surface area contributed by atoms with Gasteiger partial charge in [-0.25, -0.2) is 4.79 Å². The number of halogens is 1. The molecule has 5 nitrogen and oxygen atoms in total. The lowest BCUT2D eigenvalue weighted by molar-refractivity contribution is -0.387. The number of hydrogen-bond acceptors (Lipinski definition) is 5. The summed E-state index contributed by atoms with van der Waals surface area (Å²) in [7, 11) is 0. The lowest BCUT2D eigenvalue weighted by Gasteiger charge is -2.08. The maximum atomic E-state index is 12.1. The average molecular weight is 414 g/mol. The van der Waals surface area contributed by atoms with Crippen LogP contribution in [0.15, 0.2) is 76.5 Å². The summed E-state index contributed by atoms with van der Waals surface area (Å²) in [6.07, 6.45) is 0. The van der Waals surface area contributed by atoms with Crippen molar-refractivity contribution in [1.29, 1.82) is 0 Å². The highest BCUT2D eigenvalue weighted by atomic mass is 35.5. The van der Waals surface area contributed by atoms with E-state index in [4.69, 9.17) is 16.3 Å². The third-order valence-corrected chi connectivity index (χ3v) is 5.24. The Kier molecular flexibility index (Phi) is 6.34. The van der Waals surface area contributed by atoms with E-state index in [1.807, 2.05) is 31.2 Å². The van der Waals surface area contributed by atoms with Crippen LogP contribution in [0.2, 0.25) is 5.02 Å². The van der Waals surface area contributed by atoms with Gasteiger partial charge in [-0.15, -0.1) is 0 Å². The molecule has 3 rings (SSSR count). The van der Waals surface area contributed by atoms with Crippen LogP contribution in [0.5, 0.6) is 0 Å². The zero-order valence-electron chi connectivity index (χ0n) is 14.9. The van der Waals surface area contributed by atoms with Crippen molar-refractivity contribution in [3.63, 3.8) is 0 Å². The monoisotopic (exact) mass is 413 g/mol. The molecule has 0 heterocycles. The molecule has 0 saturated heterocycles. The molecule has 0 aliphatic heterocycles. The molecule has 0 aliphatic carbocycles. The molecule has 142 valence electrons. The van der Waals surface area contributed by atoms with Crippen LogP contribution in [-0.2, 0) is 11.3 Å². The highest BCUT2D eigenvalue weighted by molar-refractivity contribution is 7.99. The van der Waals surface area contributed by atoms with Gasteiger partial charge in [0.1, 0.15) is 6.61 Å². The first-order valence-corrected chi connectivity index (χ1v) is 9.56. The molecule has 0 bridgehead atoms. The van der Waals surface area contributed by atoms with Gasteiger partial charge in [0.15, 0.2) is 0 Å². The van der Waals surface area contributed by atoms with Gasteiger partial charge in [-0.05, 0) is 55.0 Å². The summed E-state index contributed by atoms with van der Waals surface area (Å²) in [5.41, 5.74) is 2.01. The number of carbonyl (C=O) groups excluding carboxylic acids is 1. The van der Waals surface area contributed by atoms with Gasteiger partial charge < -0.3 is 4.74 Å². The van der Waals surface area contributed by atoms with Crippen LogP contribution in [-0.4, -0.2) is 10.9 Å². The summed E-state index contributed by atoms with van der Waals surface area (Å²) in [6.45, 7) is 1.93. The number of nitro benzene ring substituents is 1. The minimum atomic E-state index is -0.516. The van der Waals surface area contributed by atoms with Crippen LogP contribution >= 0.6 is 23.4 Å². The SMILES string of the molecule is Cc1ccc(Sc2ccc(COC(=O)c3ccc(Cl)cc3)cc2[N+](=O)[O-])cc1. The standard InChI is InChI=1S/C21H16ClNO4S/c1-14-2-9-18(10-3-14)28-20-11-4-15(12-19(20)23(25)26)13-27-21(24)16-5-7-17(22)8-6-16/h2-12H,13H2,1H3. The minimum Gasteiger partial charge on any atom is -0.457 e. The largest absolute Gasteiger partial charge is 0.457 e. The molecule has 0 aromatic heterocycles. The van der Waals surface area contributed by atoms with Gasteiger partial charge in [0.25, 0.3) is 5.69 Å². The Bertz CT molecular complexity index is 1000. The highest BCUT2D eigenvalue weighted by Gasteiger charge is 2.17. The Hall–Kier alpha value is -2.83. The van der Waals surface area contributed by atoms with Gasteiger partial charge in [-0.2, -0.15) is 0 Å². The van der Waals surface area contributed by atoms with E-state index in [-0.39, 0.29) is 12.3 Å². The van der Waals surface area contributed by atoms with Crippen molar-refractivity contribution in [2.24, 2.45) is 0 Å². The quantitative estimate of drug-likeness (QED) is 0.279. The maximum absolute atomic E-state index is 12.1. The summed E-state index contributed by atoms with van der Waals surface area (Å²) in [4.78, 5) is 24.6. The Labute approximate surface area is 171 Å². The summed E-state index contributed by atoms with van der Waals surface area (Å²) < 4.78 is 5.25. The Balaban J connectivity index is 1.73. The third kappa shape index (κ3) is 5.12. The van der Waals surface area contributed by atoms with Gasteiger partial charge in [0.2, 0.25) is 0 Å². The molecular formula is C21H16ClNO4S. The maximum Gasteiger partial charge on any atom is 0.338 e. The topological polar surface area (TPSA) is 69.4 Å². The van der Waals surface area contributed by atoms with Crippen molar-refractivity contribution < 1.29 is 14.5 Å². The van der Waals surface area contributed by atoms with E-state index in [2.05, 4.69) is 0 Å². The van der Waals surface area contributed by atoms with Crippen LogP contribution in [0.25, 0.3) is 0 Å². The van der Waals surface area contributed by atoms with E-state index in [0.29, 0.717) is 21.0 Å². The molecule has 0 N–H and O–H groups in total. The summed E-state index contributed by atoms with van der Waals surface area (Å²) in [6, 6.07) is 18.9. The molecule has 0 fully saturated rings. The van der Waals surface area contributed by atoms with Crippen molar-refractivity contribution in [2.75, 3.05) is 0 Å². The highest BCUT2D eigenvalue weighted by Crippen LogP contribution is 2.35. The van der Waals surface area contributed by atoms with Crippen molar-refractivity contribution in [3.8, 4) is 0 Å². The number of hydrogen-bond donors (Lipinski definition) is 0. The predicted molar refractivity (Wildman–Crippen MR) is 109 cm³/mol. The zero-order valence-corrected chi connectivity index (χ0v) is 16.5. The van der Waals surface area contributed by atoms with Gasteiger partial charge in [0.05, 0.1) is 15.4 Å². The number of aryl methyl sites for hydroxylation is 1. The second-order valence-corrected chi connectivity index (χ2v) is 7.61. The number of carbonyl (C=O) groups is 1. The number of nitrogens with zero attached hydrogens (tertiary/aromatic N) is 1. The molecule has 0 amide bonds. The van der Waals surface area contributed by atoms with E-state index in [9.17, 15) is 14.9 Å². The molecule has 0 unspecified atom stereocenters. The Morgan fingerprint density at radius 1 is 1.07 bits per heavy atom. The number of benzene rings is 3. The fourth-order valence-electron chi connectivity index (χ4n) is 2.43. The van der Waals surface area contributed by atoms with Crippen molar-refractivity contribution in [3.05, 3.63) is 98.6 Å². The number of rotatable bonds is 6. The van der Waals surface area contributed by atoms with E-state index < -0.39 is 10.9 Å². The summed E-state index contributed by atoms with van der Waals surface area (Å²) in [5.74, 6) is -0.516. The second-order valence-electron chi connectivity index (χ2n) is 6.06. The van der Waals surface area contributed by atoms with E-state index in [0.717, 1.165) is 10.5 Å². The molecule has 0 atom stereocenters. The zero-order chi connectivity index (χ0) is 20.1. The molecule has 0 spiro atoms. The molecule has 0 radical (unpaired) electrons. The molecule has 7 heteroatoms. The van der Waals surface area contributed by atoms with Crippen LogP contribution < -0.4 is 0 Å². The first-order chi connectivity index (χ1) is 13.4. The Morgan fingerprint density at radius 2 is 1.75 bits per heavy atom. The molecule has 28 heavy (non-hydrogen) atoms. The fraction of sp³-hybridized carbons (Fsp3) is 0.0952. The molecule has 3 aromatic carbocycles. The minimum absolute atomic E-state index is 0.0226. The second kappa shape index (κ2) is 8.91. The average Bonchev–Trinajstić information content (AvgIpc) is 2.69. The smallest absolute Gasteiger partial charge is 0.338 e. The van der Waals surface area contributed by atoms with E-state index >= 15 is 0 Å². The number of esters is 1. The fourth-order valence-corrected chi connectivity index (χ4v) is 3.46. The third-order valence-electron chi connectivity index (χ3n) is 3.92. The number of ether oxygens (including phenoxy) is 1. The van der Waals surface area contributed by atoms with Gasteiger partial charge in [0, 0.05) is 16.0 Å². The van der Waals surface area contributed by atoms with Gasteiger partial charge >= 0.3 is 5.97 Å². The molecule has 0 aliphatic rings. The first kappa shape index (κ1) is 19.9. The van der Waals surface area contributed by atoms with Crippen LogP contribution in [0.1, 0.15) is 21.5 Å². The summed E-state index contributed by atoms with van der Waals surface area (Å²) in [5, 5.41) is 12.0. The summed E-state index contributed by atoms with van der Waals surface area (Å²) >= 11 is 7.12. The van der Waals surface area contributed by atoms with Crippen LogP contribution in [0.4, 0.5) is 5.69 Å². The predicted octanol–water partition coefficient (Wildman–Crippen LogP) is 6.06. The van der Waals surface area contributed by atoms with Crippen LogP contribution in [0.3, 0.4) is 0 Å². The molecular weight excluding hydrogens is 398 g/mol. The normalized spacial score (nSPS) is 10.5. The van der Waals surface area contributed by atoms with E-state index in [1.165, 1.54) is 17.8 Å². The van der Waals surface area contributed by atoms with Crippen molar-refractivity contribution in [2.45, 2.75) is 23.3 Å². The lowest BCUT2D eigenvalue weighted by atomic mass is 10.2. The van der Waals surface area contributed by atoms with Crippen molar-refractivity contribution >= 4 is 35.0 Å². The first-order valence-electron chi connectivity index (χ1n) is 8.37. The lowest BCUT2D eigenvalue weighted by Crippen LogP contribution is -2.05. The molecule has 0 saturated carbocycles. The van der Waals surface area contributed by atoms with E-state index in [1.54, 1.807) is 36.4 Å². The van der Waals surface area contributed by atoms with Gasteiger partial charge in [-0.3, -0.25) is 10.1 Å². The van der Waals surface area contributed by atoms with Crippen LogP contribution in [0, 0.1) is 17.0 Å². The van der Waals surface area contributed by atoms with Crippen molar-refractivity contribution in [1.82, 2.24) is 0 Å². The molecule has 3 aromatic rings. The Morgan fingerprint density at radius 3 is 2.39 bits per heavy atom. The number of nitro groups is 1.